The van der Waals surface area contributed by atoms with E-state index < -0.39 is 5.97 Å². The molecular weight excluding hydrogens is 202 g/mol. The molecule has 1 aromatic carbocycles. The first-order valence-electron chi connectivity index (χ1n) is 5.09. The molecule has 0 fully saturated rings. The number of aryl methyl sites for hydroxylation is 1. The maximum atomic E-state index is 10.3. The van der Waals surface area contributed by atoms with Crippen LogP contribution in [-0.4, -0.2) is 11.1 Å². The highest BCUT2D eigenvalue weighted by atomic mass is 16.4. The number of allylic oxidation sites excluding steroid dienone is 1. The molecule has 0 aromatic heterocycles. The Bertz CT molecular complexity index is 413. The van der Waals surface area contributed by atoms with Crippen molar-refractivity contribution in [2.45, 2.75) is 19.3 Å². The fraction of sp³-hybridized carbons (Fsp3) is 0.231. The summed E-state index contributed by atoms with van der Waals surface area (Å²) in [4.78, 5) is 10.3. The van der Waals surface area contributed by atoms with Crippen molar-refractivity contribution in [3.05, 3.63) is 41.5 Å². The fourth-order valence-electron chi connectivity index (χ4n) is 1.37. The topological polar surface area (TPSA) is 61.1 Å². The van der Waals surface area contributed by atoms with E-state index >= 15 is 0 Å². The van der Waals surface area contributed by atoms with Crippen molar-refractivity contribution < 1.29 is 9.90 Å². The van der Waals surface area contributed by atoms with E-state index in [1.54, 1.807) is 6.08 Å². The van der Waals surface area contributed by atoms with E-state index in [2.05, 4.69) is 0 Å². The van der Waals surface area contributed by atoms with Crippen LogP contribution in [0, 0.1) is 11.3 Å². The SMILES string of the molecule is N#CC=Cc1ccc(CCCC(=O)O)cc1. The molecule has 0 spiro atoms. The van der Waals surface area contributed by atoms with Gasteiger partial charge >= 0.3 is 5.97 Å². The standard InChI is InChI=1S/C13H13NO2/c14-10-2-4-12-8-6-11(7-9-12)3-1-5-13(15)16/h2,4,6-9H,1,3,5H2,(H,15,16). The van der Waals surface area contributed by atoms with E-state index in [0.29, 0.717) is 6.42 Å². The van der Waals surface area contributed by atoms with Gasteiger partial charge in [-0.3, -0.25) is 4.79 Å². The van der Waals surface area contributed by atoms with Crippen LogP contribution in [-0.2, 0) is 11.2 Å². The minimum atomic E-state index is -0.756. The first-order chi connectivity index (χ1) is 7.72. The quantitative estimate of drug-likeness (QED) is 0.768. The number of rotatable bonds is 5. The molecule has 1 aromatic rings. The van der Waals surface area contributed by atoms with Crippen molar-refractivity contribution in [1.29, 1.82) is 5.26 Å². The zero-order valence-corrected chi connectivity index (χ0v) is 8.89. The zero-order valence-electron chi connectivity index (χ0n) is 8.89. The van der Waals surface area contributed by atoms with Gasteiger partial charge in [-0.1, -0.05) is 24.3 Å². The molecule has 0 radical (unpaired) electrons. The van der Waals surface area contributed by atoms with Crippen LogP contribution in [0.2, 0.25) is 0 Å². The van der Waals surface area contributed by atoms with Gasteiger partial charge in [-0.05, 0) is 30.0 Å². The number of carboxylic acid groups (broad SMARTS) is 1. The molecule has 0 heterocycles. The Balaban J connectivity index is 2.49. The number of carbonyl (C=O) groups is 1. The van der Waals surface area contributed by atoms with Gasteiger partial charge in [0.05, 0.1) is 6.07 Å². The minimum Gasteiger partial charge on any atom is -0.481 e. The molecule has 0 saturated carbocycles. The van der Waals surface area contributed by atoms with E-state index in [4.69, 9.17) is 10.4 Å². The minimum absolute atomic E-state index is 0.204. The second-order valence-corrected chi connectivity index (χ2v) is 3.45. The van der Waals surface area contributed by atoms with Gasteiger partial charge in [0.1, 0.15) is 0 Å². The van der Waals surface area contributed by atoms with Gasteiger partial charge in [-0.2, -0.15) is 5.26 Å². The van der Waals surface area contributed by atoms with E-state index in [9.17, 15) is 4.79 Å². The third-order valence-electron chi connectivity index (χ3n) is 2.19. The van der Waals surface area contributed by atoms with Gasteiger partial charge < -0.3 is 5.11 Å². The molecule has 0 aliphatic heterocycles. The normalized spacial score (nSPS) is 10.2. The molecule has 3 heteroatoms. The Morgan fingerprint density at radius 3 is 2.62 bits per heavy atom. The molecular formula is C13H13NO2. The average molecular weight is 215 g/mol. The second-order valence-electron chi connectivity index (χ2n) is 3.45. The van der Waals surface area contributed by atoms with E-state index in [-0.39, 0.29) is 6.42 Å². The fourth-order valence-corrected chi connectivity index (χ4v) is 1.37. The molecule has 0 amide bonds. The van der Waals surface area contributed by atoms with Gasteiger partial charge in [0, 0.05) is 12.5 Å². The molecule has 0 atom stereocenters. The Kier molecular flexibility index (Phi) is 4.81. The van der Waals surface area contributed by atoms with Crippen molar-refractivity contribution in [2.24, 2.45) is 0 Å². The number of carboxylic acids is 1. The third kappa shape index (κ3) is 4.43. The number of aliphatic carboxylic acids is 1. The number of hydrogen-bond acceptors (Lipinski definition) is 2. The van der Waals surface area contributed by atoms with Crippen molar-refractivity contribution in [1.82, 2.24) is 0 Å². The van der Waals surface area contributed by atoms with Crippen LogP contribution < -0.4 is 0 Å². The highest BCUT2D eigenvalue weighted by Gasteiger charge is 1.98. The summed E-state index contributed by atoms with van der Waals surface area (Å²) in [7, 11) is 0. The molecule has 1 rings (SSSR count). The summed E-state index contributed by atoms with van der Waals surface area (Å²) >= 11 is 0. The Morgan fingerprint density at radius 1 is 1.38 bits per heavy atom. The lowest BCUT2D eigenvalue weighted by Gasteiger charge is -2.00. The summed E-state index contributed by atoms with van der Waals surface area (Å²) in [5.74, 6) is -0.756. The van der Waals surface area contributed by atoms with Gasteiger partial charge in [0.15, 0.2) is 0 Å². The lowest BCUT2D eigenvalue weighted by molar-refractivity contribution is -0.137. The average Bonchev–Trinajstić information content (AvgIpc) is 2.27. The van der Waals surface area contributed by atoms with Crippen molar-refractivity contribution in [3.63, 3.8) is 0 Å². The Hall–Kier alpha value is -2.08. The van der Waals surface area contributed by atoms with Crippen LogP contribution in [0.5, 0.6) is 0 Å². The Labute approximate surface area is 94.6 Å². The molecule has 82 valence electrons. The molecule has 0 aliphatic rings. The lowest BCUT2D eigenvalue weighted by Crippen LogP contribution is -1.95. The summed E-state index contributed by atoms with van der Waals surface area (Å²) in [6.07, 6.45) is 4.80. The Morgan fingerprint density at radius 2 is 2.06 bits per heavy atom. The van der Waals surface area contributed by atoms with Crippen LogP contribution in [0.25, 0.3) is 6.08 Å². The van der Waals surface area contributed by atoms with E-state index in [1.807, 2.05) is 30.3 Å². The molecule has 1 N–H and O–H groups in total. The summed E-state index contributed by atoms with van der Waals surface area (Å²) in [6.45, 7) is 0. The van der Waals surface area contributed by atoms with Crippen molar-refractivity contribution in [2.75, 3.05) is 0 Å². The maximum absolute atomic E-state index is 10.3. The monoisotopic (exact) mass is 215 g/mol. The first kappa shape index (κ1) is 12.0. The van der Waals surface area contributed by atoms with Crippen LogP contribution in [0.1, 0.15) is 24.0 Å². The summed E-state index contributed by atoms with van der Waals surface area (Å²) in [6, 6.07) is 9.69. The second kappa shape index (κ2) is 6.41. The number of nitriles is 1. The van der Waals surface area contributed by atoms with Gasteiger partial charge in [-0.25, -0.2) is 0 Å². The van der Waals surface area contributed by atoms with Crippen LogP contribution in [0.15, 0.2) is 30.3 Å². The molecule has 0 aliphatic carbocycles. The van der Waals surface area contributed by atoms with Crippen LogP contribution in [0.3, 0.4) is 0 Å². The predicted molar refractivity (Wildman–Crippen MR) is 61.7 cm³/mol. The van der Waals surface area contributed by atoms with E-state index in [1.165, 1.54) is 6.08 Å². The van der Waals surface area contributed by atoms with Gasteiger partial charge in [0.2, 0.25) is 0 Å². The summed E-state index contributed by atoms with van der Waals surface area (Å²) in [5.41, 5.74) is 2.10. The first-order valence-corrected chi connectivity index (χ1v) is 5.09. The van der Waals surface area contributed by atoms with Crippen LogP contribution >= 0.6 is 0 Å². The number of nitrogens with zero attached hydrogens (tertiary/aromatic N) is 1. The molecule has 3 nitrogen and oxygen atoms in total. The zero-order chi connectivity index (χ0) is 11.8. The number of benzene rings is 1. The molecule has 16 heavy (non-hydrogen) atoms. The molecule has 0 bridgehead atoms. The third-order valence-corrected chi connectivity index (χ3v) is 2.19. The highest BCUT2D eigenvalue weighted by molar-refractivity contribution is 5.66. The van der Waals surface area contributed by atoms with E-state index in [0.717, 1.165) is 17.5 Å². The maximum Gasteiger partial charge on any atom is 0.303 e. The smallest absolute Gasteiger partial charge is 0.303 e. The van der Waals surface area contributed by atoms with Gasteiger partial charge in [0.25, 0.3) is 0 Å². The summed E-state index contributed by atoms with van der Waals surface area (Å²) < 4.78 is 0. The molecule has 0 unspecified atom stereocenters. The largest absolute Gasteiger partial charge is 0.481 e. The van der Waals surface area contributed by atoms with Gasteiger partial charge in [-0.15, -0.1) is 0 Å². The van der Waals surface area contributed by atoms with Crippen molar-refractivity contribution in [3.8, 4) is 6.07 Å². The van der Waals surface area contributed by atoms with Crippen LogP contribution in [0.4, 0.5) is 0 Å². The molecule has 0 saturated heterocycles. The predicted octanol–water partition coefficient (Wildman–Crippen LogP) is 2.63. The number of hydrogen-bond donors (Lipinski definition) is 1. The highest BCUT2D eigenvalue weighted by Crippen LogP contribution is 2.09. The van der Waals surface area contributed by atoms with Crippen molar-refractivity contribution >= 4 is 12.0 Å². The summed E-state index contributed by atoms with van der Waals surface area (Å²) in [5, 5.41) is 16.9. The lowest BCUT2D eigenvalue weighted by atomic mass is 10.1.